The highest BCUT2D eigenvalue weighted by Gasteiger charge is 2.19. The van der Waals surface area contributed by atoms with Crippen LogP contribution in [-0.4, -0.2) is 32.2 Å². The monoisotopic (exact) mass is 470 g/mol. The molecule has 0 bridgehead atoms. The Hall–Kier alpha value is -3.91. The Morgan fingerprint density at radius 3 is 2.65 bits per heavy atom. The van der Waals surface area contributed by atoms with Crippen LogP contribution in [0.15, 0.2) is 76.7 Å². The number of aryl methyl sites for hydroxylation is 2. The number of benzene rings is 3. The molecule has 0 radical (unpaired) electrons. The third-order valence-corrected chi connectivity index (χ3v) is 6.72. The van der Waals surface area contributed by atoms with E-state index in [0.29, 0.717) is 27.6 Å². The summed E-state index contributed by atoms with van der Waals surface area (Å²) in [5, 5.41) is 10.1. The summed E-state index contributed by atoms with van der Waals surface area (Å²) in [6.07, 6.45) is 0. The molecular formula is C26H22N4O3S. The molecule has 0 spiro atoms. The Labute approximate surface area is 200 Å². The summed E-state index contributed by atoms with van der Waals surface area (Å²) >= 11 is 1.49. The predicted molar refractivity (Wildman–Crippen MR) is 133 cm³/mol. The van der Waals surface area contributed by atoms with Crippen LogP contribution in [0.2, 0.25) is 0 Å². The molecule has 5 aromatic rings. The van der Waals surface area contributed by atoms with Crippen LogP contribution in [0, 0.1) is 13.8 Å². The average Bonchev–Trinajstić information content (AvgIpc) is 3.28. The number of carbonyl (C=O) groups is 1. The second-order valence-electron chi connectivity index (χ2n) is 8.05. The maximum atomic E-state index is 13.6. The molecule has 3 aromatic carbocycles. The van der Waals surface area contributed by atoms with Gasteiger partial charge in [0.05, 0.1) is 29.3 Å². The molecule has 0 aliphatic rings. The van der Waals surface area contributed by atoms with Gasteiger partial charge in [-0.3, -0.25) is 9.20 Å². The van der Waals surface area contributed by atoms with Crippen molar-refractivity contribution in [1.82, 2.24) is 19.2 Å². The Morgan fingerprint density at radius 2 is 1.82 bits per heavy atom. The third-order valence-electron chi connectivity index (χ3n) is 5.72. The number of rotatable bonds is 5. The number of methoxy groups -OCH3 is 1. The van der Waals surface area contributed by atoms with Gasteiger partial charge >= 0.3 is 5.97 Å². The van der Waals surface area contributed by atoms with Crippen molar-refractivity contribution in [2.45, 2.75) is 24.8 Å². The highest BCUT2D eigenvalue weighted by Crippen LogP contribution is 2.27. The van der Waals surface area contributed by atoms with Crippen LogP contribution >= 0.6 is 11.8 Å². The highest BCUT2D eigenvalue weighted by atomic mass is 32.2. The van der Waals surface area contributed by atoms with E-state index in [1.54, 1.807) is 10.6 Å². The van der Waals surface area contributed by atoms with Gasteiger partial charge in [-0.2, -0.15) is 0 Å². The molecule has 0 N–H and O–H groups in total. The molecule has 2 aromatic heterocycles. The summed E-state index contributed by atoms with van der Waals surface area (Å²) < 4.78 is 8.39. The van der Waals surface area contributed by atoms with E-state index in [-0.39, 0.29) is 11.5 Å². The number of ether oxygens (including phenoxy) is 1. The van der Waals surface area contributed by atoms with Gasteiger partial charge in [0.15, 0.2) is 5.16 Å². The van der Waals surface area contributed by atoms with Gasteiger partial charge in [0.2, 0.25) is 5.78 Å². The van der Waals surface area contributed by atoms with Gasteiger partial charge in [-0.1, -0.05) is 48.2 Å². The molecule has 8 heteroatoms. The lowest BCUT2D eigenvalue weighted by Gasteiger charge is -2.14. The van der Waals surface area contributed by atoms with E-state index in [2.05, 4.69) is 10.2 Å². The Morgan fingerprint density at radius 1 is 1.00 bits per heavy atom. The number of hydrogen-bond acceptors (Lipinski definition) is 6. The molecule has 34 heavy (non-hydrogen) atoms. The fourth-order valence-corrected chi connectivity index (χ4v) is 4.89. The second-order valence-corrected chi connectivity index (χ2v) is 8.99. The summed E-state index contributed by atoms with van der Waals surface area (Å²) in [4.78, 5) is 25.4. The van der Waals surface area contributed by atoms with Gasteiger partial charge < -0.3 is 4.74 Å². The van der Waals surface area contributed by atoms with Crippen molar-refractivity contribution < 1.29 is 9.53 Å². The summed E-state index contributed by atoms with van der Waals surface area (Å²) in [6, 6.07) is 20.8. The van der Waals surface area contributed by atoms with Crippen molar-refractivity contribution in [3.63, 3.8) is 0 Å². The van der Waals surface area contributed by atoms with E-state index in [1.807, 2.05) is 78.9 Å². The van der Waals surface area contributed by atoms with Crippen LogP contribution in [0.4, 0.5) is 0 Å². The maximum absolute atomic E-state index is 13.6. The van der Waals surface area contributed by atoms with Gasteiger partial charge in [0.25, 0.3) is 5.56 Å². The van der Waals surface area contributed by atoms with Crippen molar-refractivity contribution in [3.8, 4) is 5.69 Å². The topological polar surface area (TPSA) is 78.5 Å². The molecule has 0 fully saturated rings. The van der Waals surface area contributed by atoms with Gasteiger partial charge in [-0.15, -0.1) is 10.2 Å². The van der Waals surface area contributed by atoms with E-state index in [1.165, 1.54) is 18.9 Å². The minimum absolute atomic E-state index is 0.133. The van der Waals surface area contributed by atoms with Crippen molar-refractivity contribution >= 4 is 34.4 Å². The molecule has 0 aliphatic carbocycles. The van der Waals surface area contributed by atoms with Crippen LogP contribution in [0.1, 0.15) is 27.0 Å². The average molecular weight is 471 g/mol. The molecule has 0 amide bonds. The van der Waals surface area contributed by atoms with Gasteiger partial charge in [0, 0.05) is 5.75 Å². The lowest BCUT2D eigenvalue weighted by Crippen LogP contribution is -2.22. The summed E-state index contributed by atoms with van der Waals surface area (Å²) in [7, 11) is 1.37. The molecule has 170 valence electrons. The van der Waals surface area contributed by atoms with E-state index in [0.717, 1.165) is 27.9 Å². The molecular weight excluding hydrogens is 448 g/mol. The lowest BCUT2D eigenvalue weighted by atomic mass is 10.1. The van der Waals surface area contributed by atoms with Crippen molar-refractivity contribution in [1.29, 1.82) is 0 Å². The highest BCUT2D eigenvalue weighted by molar-refractivity contribution is 7.98. The number of hydrogen-bond donors (Lipinski definition) is 0. The molecule has 0 unspecified atom stereocenters. The first kappa shape index (κ1) is 21.9. The zero-order valence-corrected chi connectivity index (χ0v) is 19.8. The number of esters is 1. The lowest BCUT2D eigenvalue weighted by molar-refractivity contribution is 0.0600. The van der Waals surface area contributed by atoms with Crippen molar-refractivity contribution in [2.75, 3.05) is 7.11 Å². The van der Waals surface area contributed by atoms with Crippen LogP contribution in [-0.2, 0) is 10.5 Å². The van der Waals surface area contributed by atoms with E-state index in [9.17, 15) is 9.59 Å². The Bertz CT molecular complexity index is 1620. The van der Waals surface area contributed by atoms with E-state index < -0.39 is 0 Å². The largest absolute Gasteiger partial charge is 0.465 e. The Balaban J connectivity index is 1.66. The van der Waals surface area contributed by atoms with E-state index >= 15 is 0 Å². The van der Waals surface area contributed by atoms with Crippen LogP contribution in [0.5, 0.6) is 0 Å². The van der Waals surface area contributed by atoms with Gasteiger partial charge in [-0.25, -0.2) is 9.36 Å². The minimum Gasteiger partial charge on any atom is -0.465 e. The first-order valence-corrected chi connectivity index (χ1v) is 11.7. The first-order chi connectivity index (χ1) is 16.5. The summed E-state index contributed by atoms with van der Waals surface area (Å²) in [5.74, 6) is 0.661. The molecule has 0 aliphatic heterocycles. The SMILES string of the molecule is COC(=O)c1cccc(CSc2nnc3n(-c4cc(C)ccc4C)c(=O)c4ccccc4n23)c1. The molecule has 5 rings (SSSR count). The van der Waals surface area contributed by atoms with E-state index in [4.69, 9.17) is 4.74 Å². The smallest absolute Gasteiger partial charge is 0.337 e. The molecule has 0 saturated heterocycles. The van der Waals surface area contributed by atoms with Gasteiger partial charge in [-0.05, 0) is 60.9 Å². The fourth-order valence-electron chi connectivity index (χ4n) is 4.00. The number of para-hydroxylation sites is 1. The zero-order valence-electron chi connectivity index (χ0n) is 19.0. The maximum Gasteiger partial charge on any atom is 0.337 e. The second kappa shape index (κ2) is 8.79. The standard InChI is InChI=1S/C26H22N4O3S/c1-16-11-12-17(2)22(13-16)29-23(31)20-9-4-5-10-21(20)30-25(29)27-28-26(30)34-15-18-7-6-8-19(14-18)24(32)33-3/h4-14H,15H2,1-3H3. The number of aromatic nitrogens is 4. The quantitative estimate of drug-likeness (QED) is 0.273. The number of thioether (sulfide) groups is 1. The van der Waals surface area contributed by atoms with Crippen LogP contribution in [0.3, 0.4) is 0 Å². The van der Waals surface area contributed by atoms with Crippen LogP contribution < -0.4 is 5.56 Å². The third kappa shape index (κ3) is 3.76. The number of carbonyl (C=O) groups excluding carboxylic acids is 1. The fraction of sp³-hybridized carbons (Fsp3) is 0.154. The predicted octanol–water partition coefficient (Wildman–Crippen LogP) is 4.73. The van der Waals surface area contributed by atoms with Gasteiger partial charge in [0.1, 0.15) is 0 Å². The zero-order chi connectivity index (χ0) is 23.8. The molecule has 0 saturated carbocycles. The Kier molecular flexibility index (Phi) is 5.67. The summed E-state index contributed by atoms with van der Waals surface area (Å²) in [5.41, 5.74) is 4.89. The van der Waals surface area contributed by atoms with Crippen LogP contribution in [0.25, 0.3) is 22.4 Å². The molecule has 0 atom stereocenters. The van der Waals surface area contributed by atoms with Crippen molar-refractivity contribution in [2.24, 2.45) is 0 Å². The number of nitrogens with zero attached hydrogens (tertiary/aromatic N) is 4. The molecule has 2 heterocycles. The molecule has 7 nitrogen and oxygen atoms in total. The first-order valence-electron chi connectivity index (χ1n) is 10.7. The normalized spacial score (nSPS) is 11.3. The minimum atomic E-state index is -0.372. The number of fused-ring (bicyclic) bond motifs is 3. The van der Waals surface area contributed by atoms with Crippen molar-refractivity contribution in [3.05, 3.63) is 99.3 Å². The summed E-state index contributed by atoms with van der Waals surface area (Å²) in [6.45, 7) is 3.98.